The predicted octanol–water partition coefficient (Wildman–Crippen LogP) is 7.74. The lowest BCUT2D eigenvalue weighted by Gasteiger charge is -2.29. The Morgan fingerprint density at radius 1 is 0.902 bits per heavy atom. The molecule has 2 aromatic carbocycles. The van der Waals surface area contributed by atoms with Crippen molar-refractivity contribution in [3.8, 4) is 5.75 Å². The van der Waals surface area contributed by atoms with E-state index < -0.39 is 18.8 Å². The van der Waals surface area contributed by atoms with Crippen LogP contribution in [0.5, 0.6) is 5.75 Å². The Morgan fingerprint density at radius 3 is 2.12 bits per heavy atom. The first-order valence-electron chi connectivity index (χ1n) is 14.8. The van der Waals surface area contributed by atoms with Gasteiger partial charge in [-0.3, -0.25) is 13.8 Å². The highest BCUT2D eigenvalue weighted by Crippen LogP contribution is 2.50. The molecule has 0 aliphatic heterocycles. The standard InChI is InChI=1S/C32H50NO6PS/c1-5-6-7-8-9-11-14-27-17-19-28(20-18-27)21-22-32(33,25-34)26-38-40(36,39-29-15-12-10-13-16-29)37-23-24-41-30(35)31(2,3)4/h10,12-13,15-20,34H,5-9,11,14,21-26,33H2,1-4H3. The number of phosphoric ester groups is 1. The summed E-state index contributed by atoms with van der Waals surface area (Å²) in [4.78, 5) is 12.2. The minimum Gasteiger partial charge on any atom is -0.404 e. The number of rotatable bonds is 20. The Hall–Kier alpha value is -1.67. The third-order valence-electron chi connectivity index (χ3n) is 6.72. The molecule has 2 atom stereocenters. The Kier molecular flexibility index (Phi) is 15.7. The van der Waals surface area contributed by atoms with Crippen LogP contribution in [0.4, 0.5) is 0 Å². The van der Waals surface area contributed by atoms with Crippen LogP contribution in [0.15, 0.2) is 54.6 Å². The second kappa shape index (κ2) is 18.1. The van der Waals surface area contributed by atoms with Gasteiger partial charge in [-0.05, 0) is 48.9 Å². The summed E-state index contributed by atoms with van der Waals surface area (Å²) in [6.45, 7) is 7.17. The topological polar surface area (TPSA) is 108 Å². The number of aliphatic hydroxyl groups excluding tert-OH is 1. The molecule has 0 fully saturated rings. The van der Waals surface area contributed by atoms with Crippen LogP contribution in [0.2, 0.25) is 0 Å². The van der Waals surface area contributed by atoms with Gasteiger partial charge in [0.25, 0.3) is 0 Å². The summed E-state index contributed by atoms with van der Waals surface area (Å²) in [7, 11) is -4.09. The highest BCUT2D eigenvalue weighted by atomic mass is 32.2. The highest BCUT2D eigenvalue weighted by molar-refractivity contribution is 8.13. The van der Waals surface area contributed by atoms with Crippen molar-refractivity contribution in [3.05, 3.63) is 65.7 Å². The molecule has 3 N–H and O–H groups in total. The van der Waals surface area contributed by atoms with Gasteiger partial charge in [0.1, 0.15) is 5.75 Å². The molecule has 0 radical (unpaired) electrons. The van der Waals surface area contributed by atoms with Gasteiger partial charge in [-0.1, -0.05) is 114 Å². The van der Waals surface area contributed by atoms with Crippen molar-refractivity contribution in [2.24, 2.45) is 11.1 Å². The second-order valence-electron chi connectivity index (χ2n) is 11.7. The molecule has 9 heteroatoms. The van der Waals surface area contributed by atoms with Crippen molar-refractivity contribution < 1.29 is 28.0 Å². The van der Waals surface area contributed by atoms with E-state index in [0.29, 0.717) is 24.3 Å². The van der Waals surface area contributed by atoms with E-state index in [0.717, 1.165) is 23.7 Å². The van der Waals surface area contributed by atoms with E-state index in [1.165, 1.54) is 44.1 Å². The quantitative estimate of drug-likeness (QED) is 0.116. The highest BCUT2D eigenvalue weighted by Gasteiger charge is 2.34. The summed E-state index contributed by atoms with van der Waals surface area (Å²) in [6, 6.07) is 17.1. The maximum absolute atomic E-state index is 13.6. The molecular formula is C32H50NO6PS. The first-order chi connectivity index (χ1) is 19.5. The molecule has 0 aliphatic rings. The number of carbonyl (C=O) groups excluding carboxylic acids is 1. The normalized spacial score (nSPS) is 14.8. The van der Waals surface area contributed by atoms with Gasteiger partial charge >= 0.3 is 7.82 Å². The lowest BCUT2D eigenvalue weighted by molar-refractivity contribution is -0.117. The summed E-state index contributed by atoms with van der Waals surface area (Å²) in [5.74, 6) is 0.617. The monoisotopic (exact) mass is 607 g/mol. The van der Waals surface area contributed by atoms with Crippen LogP contribution in [-0.4, -0.2) is 41.3 Å². The molecule has 0 amide bonds. The van der Waals surface area contributed by atoms with Gasteiger partial charge in [-0.15, -0.1) is 0 Å². The number of hydrogen-bond acceptors (Lipinski definition) is 8. The van der Waals surface area contributed by atoms with Crippen LogP contribution in [0.3, 0.4) is 0 Å². The van der Waals surface area contributed by atoms with E-state index >= 15 is 0 Å². The van der Waals surface area contributed by atoms with Crippen molar-refractivity contribution in [3.63, 3.8) is 0 Å². The summed E-state index contributed by atoms with van der Waals surface area (Å²) in [5.41, 5.74) is 7.28. The van der Waals surface area contributed by atoms with E-state index in [4.69, 9.17) is 19.3 Å². The molecule has 0 aliphatic carbocycles. The number of thioether (sulfide) groups is 1. The number of unbranched alkanes of at least 4 members (excludes halogenated alkanes) is 5. The molecule has 0 saturated carbocycles. The van der Waals surface area contributed by atoms with E-state index in [1.807, 2.05) is 26.8 Å². The zero-order valence-electron chi connectivity index (χ0n) is 25.3. The van der Waals surface area contributed by atoms with Gasteiger partial charge in [0.05, 0.1) is 25.4 Å². The van der Waals surface area contributed by atoms with Crippen LogP contribution in [0.25, 0.3) is 0 Å². The lowest BCUT2D eigenvalue weighted by atomic mass is 9.93. The Morgan fingerprint density at radius 2 is 1.51 bits per heavy atom. The fourth-order valence-electron chi connectivity index (χ4n) is 3.98. The molecule has 7 nitrogen and oxygen atoms in total. The molecule has 2 rings (SSSR count). The smallest absolute Gasteiger partial charge is 0.404 e. The van der Waals surface area contributed by atoms with Gasteiger partial charge in [0.2, 0.25) is 0 Å². The third-order valence-corrected chi connectivity index (χ3v) is 9.34. The third kappa shape index (κ3) is 14.4. The van der Waals surface area contributed by atoms with E-state index in [-0.39, 0.29) is 24.9 Å². The summed E-state index contributed by atoms with van der Waals surface area (Å²) >= 11 is 1.11. The number of phosphoric acid groups is 1. The number of aliphatic hydroxyl groups is 1. The minimum atomic E-state index is -4.09. The van der Waals surface area contributed by atoms with Crippen molar-refractivity contribution >= 4 is 24.7 Å². The average Bonchev–Trinajstić information content (AvgIpc) is 2.95. The molecule has 2 aromatic rings. The van der Waals surface area contributed by atoms with Gasteiger partial charge in [-0.25, -0.2) is 4.57 Å². The van der Waals surface area contributed by atoms with Crippen LogP contribution in [0, 0.1) is 5.41 Å². The largest absolute Gasteiger partial charge is 0.530 e. The maximum atomic E-state index is 13.6. The van der Waals surface area contributed by atoms with Crippen LogP contribution in [-0.2, 0) is 31.2 Å². The predicted molar refractivity (Wildman–Crippen MR) is 169 cm³/mol. The van der Waals surface area contributed by atoms with Crippen LogP contribution < -0.4 is 10.3 Å². The first-order valence-corrected chi connectivity index (χ1v) is 17.2. The van der Waals surface area contributed by atoms with Crippen LogP contribution in [0.1, 0.15) is 83.8 Å². The number of benzene rings is 2. The van der Waals surface area contributed by atoms with Crippen molar-refractivity contribution in [1.82, 2.24) is 0 Å². The Bertz CT molecular complexity index is 1060. The number of para-hydroxylation sites is 1. The Labute approximate surface area is 251 Å². The van der Waals surface area contributed by atoms with E-state index in [1.54, 1.807) is 24.3 Å². The summed E-state index contributed by atoms with van der Waals surface area (Å²) in [6.07, 6.45) is 9.81. The molecule has 2 unspecified atom stereocenters. The van der Waals surface area contributed by atoms with Gasteiger partial charge < -0.3 is 15.4 Å². The van der Waals surface area contributed by atoms with Crippen molar-refractivity contribution in [2.45, 2.75) is 91.0 Å². The molecule has 41 heavy (non-hydrogen) atoms. The number of carbonyl (C=O) groups is 1. The molecule has 0 aromatic heterocycles. The van der Waals surface area contributed by atoms with E-state index in [2.05, 4.69) is 31.2 Å². The van der Waals surface area contributed by atoms with Gasteiger partial charge in [-0.2, -0.15) is 0 Å². The molecule has 0 saturated heterocycles. The Balaban J connectivity index is 1.91. The molecule has 0 spiro atoms. The average molecular weight is 608 g/mol. The number of aryl methyl sites for hydroxylation is 2. The zero-order valence-corrected chi connectivity index (χ0v) is 27.0. The number of nitrogens with two attached hydrogens (primary N) is 1. The van der Waals surface area contributed by atoms with Gasteiger partial charge in [0.15, 0.2) is 5.12 Å². The first kappa shape index (κ1) is 35.5. The fourth-order valence-corrected chi connectivity index (χ4v) is 6.18. The molecule has 0 heterocycles. The molecular weight excluding hydrogens is 557 g/mol. The lowest BCUT2D eigenvalue weighted by Crippen LogP contribution is -2.48. The summed E-state index contributed by atoms with van der Waals surface area (Å²) in [5, 5.41) is 10.1. The minimum absolute atomic E-state index is 0.0116. The SMILES string of the molecule is CCCCCCCCc1ccc(CCC(N)(CO)COP(=O)(OCCSC(=O)C(C)(C)C)Oc2ccccc2)cc1. The van der Waals surface area contributed by atoms with Gasteiger partial charge in [0, 0.05) is 11.2 Å². The van der Waals surface area contributed by atoms with E-state index in [9.17, 15) is 14.5 Å². The van der Waals surface area contributed by atoms with Crippen molar-refractivity contribution in [1.29, 1.82) is 0 Å². The number of hydrogen-bond donors (Lipinski definition) is 2. The van der Waals surface area contributed by atoms with Crippen LogP contribution >= 0.6 is 19.6 Å². The molecule has 230 valence electrons. The fraction of sp³-hybridized carbons (Fsp3) is 0.594. The second-order valence-corrected chi connectivity index (χ2v) is 14.4. The maximum Gasteiger partial charge on any atom is 0.530 e. The van der Waals surface area contributed by atoms with Crippen molar-refractivity contribution in [2.75, 3.05) is 25.6 Å². The zero-order chi connectivity index (χ0) is 30.2. The molecule has 0 bridgehead atoms. The summed E-state index contributed by atoms with van der Waals surface area (Å²) < 4.78 is 30.4.